The molecule has 0 bridgehead atoms. The van der Waals surface area contributed by atoms with Crippen molar-refractivity contribution >= 4 is 11.8 Å². The molecule has 2 nitrogen and oxygen atoms in total. The van der Waals surface area contributed by atoms with Crippen LogP contribution in [0.15, 0.2) is 35.2 Å². The summed E-state index contributed by atoms with van der Waals surface area (Å²) in [6.45, 7) is 2.05. The molecule has 0 aliphatic rings. The number of nitrogens with two attached hydrogens (primary N) is 1. The molecule has 1 aromatic carbocycles. The zero-order valence-corrected chi connectivity index (χ0v) is 8.55. The van der Waals surface area contributed by atoms with Gasteiger partial charge in [-0.15, -0.1) is 11.8 Å². The van der Waals surface area contributed by atoms with Crippen molar-refractivity contribution in [3.8, 4) is 0 Å². The van der Waals surface area contributed by atoms with Gasteiger partial charge in [0.15, 0.2) is 0 Å². The van der Waals surface area contributed by atoms with Crippen molar-refractivity contribution in [2.24, 2.45) is 5.73 Å². The zero-order valence-electron chi connectivity index (χ0n) is 7.73. The molecular formula is C10H15NOS. The van der Waals surface area contributed by atoms with Gasteiger partial charge in [0, 0.05) is 17.2 Å². The van der Waals surface area contributed by atoms with E-state index >= 15 is 0 Å². The number of thioether (sulfide) groups is 1. The van der Waals surface area contributed by atoms with E-state index in [-0.39, 0.29) is 0 Å². The van der Waals surface area contributed by atoms with Gasteiger partial charge in [0.2, 0.25) is 0 Å². The molecule has 1 atom stereocenters. The summed E-state index contributed by atoms with van der Waals surface area (Å²) in [6, 6.07) is 10.00. The van der Waals surface area contributed by atoms with Crippen LogP contribution in [0.5, 0.6) is 0 Å². The molecular weight excluding hydrogens is 182 g/mol. The molecule has 3 N–H and O–H groups in total. The lowest BCUT2D eigenvalue weighted by Gasteiger charge is -2.19. The summed E-state index contributed by atoms with van der Waals surface area (Å²) in [4.78, 5) is 1.16. The van der Waals surface area contributed by atoms with Crippen LogP contribution < -0.4 is 5.73 Å². The van der Waals surface area contributed by atoms with Crippen molar-refractivity contribution < 1.29 is 5.11 Å². The SMILES string of the molecule is CC(O)(CN)CSc1ccccc1. The van der Waals surface area contributed by atoms with Gasteiger partial charge < -0.3 is 10.8 Å². The van der Waals surface area contributed by atoms with Gasteiger partial charge in [-0.1, -0.05) is 18.2 Å². The Balaban J connectivity index is 2.44. The number of aliphatic hydroxyl groups is 1. The molecule has 0 amide bonds. The molecule has 72 valence electrons. The van der Waals surface area contributed by atoms with Crippen molar-refractivity contribution in [1.29, 1.82) is 0 Å². The monoisotopic (exact) mass is 197 g/mol. The highest BCUT2D eigenvalue weighted by Crippen LogP contribution is 2.21. The van der Waals surface area contributed by atoms with E-state index in [0.29, 0.717) is 12.3 Å². The van der Waals surface area contributed by atoms with Crippen LogP contribution in [0, 0.1) is 0 Å². The van der Waals surface area contributed by atoms with Crippen LogP contribution >= 0.6 is 11.8 Å². The van der Waals surface area contributed by atoms with Gasteiger partial charge >= 0.3 is 0 Å². The average Bonchev–Trinajstić information content (AvgIpc) is 2.17. The summed E-state index contributed by atoms with van der Waals surface area (Å²) in [5.41, 5.74) is 4.64. The second-order valence-corrected chi connectivity index (χ2v) is 4.35. The smallest absolute Gasteiger partial charge is 0.0834 e. The molecule has 0 radical (unpaired) electrons. The topological polar surface area (TPSA) is 46.2 Å². The summed E-state index contributed by atoms with van der Waals surface area (Å²) in [6.07, 6.45) is 0. The van der Waals surface area contributed by atoms with Crippen molar-refractivity contribution in [2.75, 3.05) is 12.3 Å². The Bertz CT molecular complexity index is 248. The van der Waals surface area contributed by atoms with Gasteiger partial charge in [0.05, 0.1) is 5.60 Å². The van der Waals surface area contributed by atoms with Gasteiger partial charge in [0.1, 0.15) is 0 Å². The maximum Gasteiger partial charge on any atom is 0.0834 e. The third-order valence-electron chi connectivity index (χ3n) is 1.73. The highest BCUT2D eigenvalue weighted by molar-refractivity contribution is 7.99. The summed E-state index contributed by atoms with van der Waals surface area (Å²) >= 11 is 1.62. The molecule has 0 aromatic heterocycles. The third-order valence-corrected chi connectivity index (χ3v) is 3.10. The van der Waals surface area contributed by atoms with E-state index in [9.17, 15) is 5.11 Å². The minimum atomic E-state index is -0.763. The maximum atomic E-state index is 9.64. The Kier molecular flexibility index (Phi) is 3.78. The van der Waals surface area contributed by atoms with Crippen molar-refractivity contribution in [3.05, 3.63) is 30.3 Å². The first kappa shape index (κ1) is 10.6. The largest absolute Gasteiger partial charge is 0.388 e. The molecule has 0 saturated carbocycles. The van der Waals surface area contributed by atoms with Crippen LogP contribution in [-0.2, 0) is 0 Å². The molecule has 1 aromatic rings. The minimum absolute atomic E-state index is 0.298. The third kappa shape index (κ3) is 3.81. The Hall–Kier alpha value is -0.510. The first-order valence-electron chi connectivity index (χ1n) is 4.24. The highest BCUT2D eigenvalue weighted by Gasteiger charge is 2.17. The number of rotatable bonds is 4. The summed E-state index contributed by atoms with van der Waals surface area (Å²) in [7, 11) is 0. The van der Waals surface area contributed by atoms with Crippen LogP contribution in [0.3, 0.4) is 0 Å². The maximum absolute atomic E-state index is 9.64. The summed E-state index contributed by atoms with van der Waals surface area (Å²) in [5.74, 6) is 0.632. The molecule has 1 unspecified atom stereocenters. The highest BCUT2D eigenvalue weighted by atomic mass is 32.2. The normalized spacial score (nSPS) is 15.3. The van der Waals surface area contributed by atoms with Crippen LogP contribution in [0.25, 0.3) is 0 Å². The van der Waals surface area contributed by atoms with E-state index in [1.807, 2.05) is 30.3 Å². The van der Waals surface area contributed by atoms with Gasteiger partial charge in [-0.2, -0.15) is 0 Å². The number of hydrogen-bond acceptors (Lipinski definition) is 3. The lowest BCUT2D eigenvalue weighted by Crippen LogP contribution is -2.36. The molecule has 0 spiro atoms. The van der Waals surface area contributed by atoms with Crippen molar-refractivity contribution in [2.45, 2.75) is 17.4 Å². The first-order valence-corrected chi connectivity index (χ1v) is 5.23. The minimum Gasteiger partial charge on any atom is -0.388 e. The molecule has 0 fully saturated rings. The quantitative estimate of drug-likeness (QED) is 0.719. The van der Waals surface area contributed by atoms with Crippen molar-refractivity contribution in [1.82, 2.24) is 0 Å². The Morgan fingerprint density at radius 2 is 2.00 bits per heavy atom. The summed E-state index contributed by atoms with van der Waals surface area (Å²) in [5, 5.41) is 9.64. The molecule has 0 saturated heterocycles. The lowest BCUT2D eigenvalue weighted by atomic mass is 10.1. The molecule has 0 heterocycles. The molecule has 13 heavy (non-hydrogen) atoms. The van der Waals surface area contributed by atoms with E-state index in [2.05, 4.69) is 0 Å². The first-order chi connectivity index (χ1) is 6.14. The Labute approximate surface area is 83.1 Å². The Morgan fingerprint density at radius 1 is 1.38 bits per heavy atom. The van der Waals surface area contributed by atoms with Crippen LogP contribution in [-0.4, -0.2) is 23.0 Å². The lowest BCUT2D eigenvalue weighted by molar-refractivity contribution is 0.0949. The van der Waals surface area contributed by atoms with E-state index in [4.69, 9.17) is 5.73 Å². The molecule has 3 heteroatoms. The molecule has 0 aliphatic heterocycles. The fraction of sp³-hybridized carbons (Fsp3) is 0.400. The van der Waals surface area contributed by atoms with E-state index in [1.165, 1.54) is 0 Å². The van der Waals surface area contributed by atoms with E-state index in [0.717, 1.165) is 4.90 Å². The van der Waals surface area contributed by atoms with E-state index < -0.39 is 5.60 Å². The van der Waals surface area contributed by atoms with E-state index in [1.54, 1.807) is 18.7 Å². The van der Waals surface area contributed by atoms with Crippen molar-refractivity contribution in [3.63, 3.8) is 0 Å². The number of benzene rings is 1. The van der Waals surface area contributed by atoms with Crippen LogP contribution in [0.2, 0.25) is 0 Å². The Morgan fingerprint density at radius 3 is 2.54 bits per heavy atom. The fourth-order valence-corrected chi connectivity index (χ4v) is 1.76. The molecule has 0 aliphatic carbocycles. The predicted molar refractivity (Wildman–Crippen MR) is 56.8 cm³/mol. The number of hydrogen-bond donors (Lipinski definition) is 2. The van der Waals surface area contributed by atoms with Gasteiger partial charge in [-0.25, -0.2) is 0 Å². The predicted octanol–water partition coefficient (Wildman–Crippen LogP) is 1.49. The average molecular weight is 197 g/mol. The zero-order chi connectivity index (χ0) is 9.73. The second-order valence-electron chi connectivity index (χ2n) is 3.30. The van der Waals surface area contributed by atoms with Gasteiger partial charge in [-0.05, 0) is 19.1 Å². The second kappa shape index (κ2) is 4.65. The van der Waals surface area contributed by atoms with Gasteiger partial charge in [-0.3, -0.25) is 0 Å². The fourth-order valence-electron chi connectivity index (χ4n) is 0.814. The standard InChI is InChI=1S/C10H15NOS/c1-10(12,7-11)8-13-9-5-3-2-4-6-9/h2-6,12H,7-8,11H2,1H3. The van der Waals surface area contributed by atoms with Crippen LogP contribution in [0.1, 0.15) is 6.92 Å². The van der Waals surface area contributed by atoms with Crippen LogP contribution in [0.4, 0.5) is 0 Å². The summed E-state index contributed by atoms with van der Waals surface area (Å²) < 4.78 is 0. The van der Waals surface area contributed by atoms with Gasteiger partial charge in [0.25, 0.3) is 0 Å². The molecule has 1 rings (SSSR count).